The SMILES string of the molecule is CC(C)(C)[C@@H]([C@H](Oc1ccc(Cl)cc1)n1cncn1)n1nnnc1C(C)(C)[NH+]1CCOCC1. The molecule has 1 aliphatic heterocycles. The Morgan fingerprint density at radius 2 is 1.79 bits per heavy atom. The molecule has 11 heteroatoms. The van der Waals surface area contributed by atoms with Crippen molar-refractivity contribution < 1.29 is 14.4 Å². The van der Waals surface area contributed by atoms with Gasteiger partial charge in [0.15, 0.2) is 5.54 Å². The number of ether oxygens (including phenoxy) is 2. The van der Waals surface area contributed by atoms with Crippen LogP contribution in [0.1, 0.15) is 52.7 Å². The Bertz CT molecular complexity index is 1020. The van der Waals surface area contributed by atoms with Crippen LogP contribution in [0.25, 0.3) is 0 Å². The minimum atomic E-state index is -0.550. The molecule has 3 heterocycles. The topological polar surface area (TPSA) is 97.2 Å². The van der Waals surface area contributed by atoms with Crippen LogP contribution in [0, 0.1) is 5.41 Å². The summed E-state index contributed by atoms with van der Waals surface area (Å²) in [5, 5.41) is 18.1. The van der Waals surface area contributed by atoms with Crippen molar-refractivity contribution in [2.75, 3.05) is 26.3 Å². The zero-order valence-corrected chi connectivity index (χ0v) is 20.5. The summed E-state index contributed by atoms with van der Waals surface area (Å²) in [6.07, 6.45) is 2.61. The molecule has 0 bridgehead atoms. The van der Waals surface area contributed by atoms with E-state index in [4.69, 9.17) is 21.1 Å². The summed E-state index contributed by atoms with van der Waals surface area (Å²) >= 11 is 6.08. The summed E-state index contributed by atoms with van der Waals surface area (Å²) in [5.74, 6) is 1.46. The van der Waals surface area contributed by atoms with Crippen molar-refractivity contribution in [1.29, 1.82) is 0 Å². The Balaban J connectivity index is 1.77. The van der Waals surface area contributed by atoms with E-state index in [1.54, 1.807) is 23.1 Å². The predicted molar refractivity (Wildman–Crippen MR) is 122 cm³/mol. The van der Waals surface area contributed by atoms with Crippen molar-refractivity contribution in [3.63, 3.8) is 0 Å². The summed E-state index contributed by atoms with van der Waals surface area (Å²) in [4.78, 5) is 5.54. The van der Waals surface area contributed by atoms with Crippen molar-refractivity contribution in [2.45, 2.75) is 52.4 Å². The summed E-state index contributed by atoms with van der Waals surface area (Å²) < 4.78 is 15.7. The van der Waals surface area contributed by atoms with Crippen LogP contribution < -0.4 is 9.64 Å². The van der Waals surface area contributed by atoms with Gasteiger partial charge in [0.25, 0.3) is 0 Å². The number of morpholine rings is 1. The van der Waals surface area contributed by atoms with Gasteiger partial charge in [0.1, 0.15) is 37.5 Å². The zero-order valence-electron chi connectivity index (χ0n) is 19.8. The van der Waals surface area contributed by atoms with E-state index in [9.17, 15) is 0 Å². The van der Waals surface area contributed by atoms with E-state index in [0.29, 0.717) is 10.8 Å². The fourth-order valence-electron chi connectivity index (χ4n) is 4.37. The number of nitrogens with one attached hydrogen (secondary N) is 1. The van der Waals surface area contributed by atoms with Crippen LogP contribution in [-0.2, 0) is 10.3 Å². The van der Waals surface area contributed by atoms with Crippen molar-refractivity contribution in [3.8, 4) is 5.75 Å². The number of hydrogen-bond acceptors (Lipinski definition) is 7. The first-order valence-corrected chi connectivity index (χ1v) is 11.5. The molecule has 1 fully saturated rings. The Kier molecular flexibility index (Phi) is 6.69. The molecule has 178 valence electrons. The zero-order chi connectivity index (χ0) is 23.6. The average molecular weight is 476 g/mol. The fraction of sp³-hybridized carbons (Fsp3) is 0.591. The van der Waals surface area contributed by atoms with Crippen LogP contribution in [0.4, 0.5) is 0 Å². The number of hydrogen-bond donors (Lipinski definition) is 1. The molecule has 10 nitrogen and oxygen atoms in total. The molecule has 0 unspecified atom stereocenters. The third kappa shape index (κ3) is 5.02. The van der Waals surface area contributed by atoms with Crippen LogP contribution in [-0.4, -0.2) is 61.3 Å². The third-order valence-corrected chi connectivity index (χ3v) is 6.47. The minimum absolute atomic E-state index is 0.288. The first-order valence-electron chi connectivity index (χ1n) is 11.2. The number of rotatable bonds is 7. The van der Waals surface area contributed by atoms with Gasteiger partial charge in [0, 0.05) is 5.02 Å². The highest BCUT2D eigenvalue weighted by Gasteiger charge is 2.45. The van der Waals surface area contributed by atoms with Crippen LogP contribution in [0.15, 0.2) is 36.9 Å². The number of aromatic nitrogens is 7. The Hall–Kier alpha value is -2.56. The maximum Gasteiger partial charge on any atom is 0.215 e. The van der Waals surface area contributed by atoms with Gasteiger partial charge in [0.05, 0.1) is 13.2 Å². The van der Waals surface area contributed by atoms with Crippen LogP contribution >= 0.6 is 11.6 Å². The van der Waals surface area contributed by atoms with Gasteiger partial charge >= 0.3 is 0 Å². The van der Waals surface area contributed by atoms with E-state index in [1.165, 1.54) is 11.2 Å². The molecule has 1 saturated heterocycles. The molecule has 4 rings (SSSR count). The van der Waals surface area contributed by atoms with Gasteiger partial charge in [-0.05, 0) is 54.0 Å². The quantitative estimate of drug-likeness (QED) is 0.557. The molecule has 2 atom stereocenters. The number of benzene rings is 1. The molecule has 3 aromatic rings. The second kappa shape index (κ2) is 9.36. The van der Waals surface area contributed by atoms with Crippen LogP contribution in [0.5, 0.6) is 5.75 Å². The van der Waals surface area contributed by atoms with E-state index in [-0.39, 0.29) is 17.0 Å². The monoisotopic (exact) mass is 475 g/mol. The molecule has 0 saturated carbocycles. The molecule has 0 amide bonds. The van der Waals surface area contributed by atoms with E-state index in [2.05, 4.69) is 60.2 Å². The van der Waals surface area contributed by atoms with Gasteiger partial charge in [-0.3, -0.25) is 0 Å². The molecule has 1 aromatic carbocycles. The standard InChI is InChI=1S/C22H31ClN8O2/c1-21(2,3)18(19(30-15-24-14-25-30)33-17-8-6-16(23)7-9-17)31-20(26-27-28-31)22(4,5)29-10-12-32-13-11-29/h6-9,14-15,18-19H,10-13H2,1-5H3/p+1/t18-,19+/m1/s1. The Morgan fingerprint density at radius 1 is 1.09 bits per heavy atom. The van der Waals surface area contributed by atoms with Gasteiger partial charge in [0.2, 0.25) is 12.1 Å². The van der Waals surface area contributed by atoms with Gasteiger partial charge in [-0.25, -0.2) is 14.3 Å². The summed E-state index contributed by atoms with van der Waals surface area (Å²) in [6, 6.07) is 6.99. The molecule has 1 N–H and O–H groups in total. The highest BCUT2D eigenvalue weighted by molar-refractivity contribution is 6.30. The molecule has 0 spiro atoms. The molecular weight excluding hydrogens is 444 g/mol. The van der Waals surface area contributed by atoms with Crippen molar-refractivity contribution in [1.82, 2.24) is 35.0 Å². The van der Waals surface area contributed by atoms with Crippen LogP contribution in [0.3, 0.4) is 0 Å². The number of quaternary nitrogens is 1. The van der Waals surface area contributed by atoms with Crippen molar-refractivity contribution in [3.05, 3.63) is 47.8 Å². The van der Waals surface area contributed by atoms with Gasteiger partial charge in [-0.1, -0.05) is 32.4 Å². The molecule has 33 heavy (non-hydrogen) atoms. The molecule has 1 aliphatic rings. The Morgan fingerprint density at radius 3 is 2.39 bits per heavy atom. The largest absolute Gasteiger partial charge is 0.466 e. The first kappa shape index (κ1) is 23.6. The predicted octanol–water partition coefficient (Wildman–Crippen LogP) is 1.93. The molecule has 2 aromatic heterocycles. The fourth-order valence-corrected chi connectivity index (χ4v) is 4.50. The average Bonchev–Trinajstić information content (AvgIpc) is 3.47. The second-order valence-electron chi connectivity index (χ2n) is 9.94. The number of nitrogens with zero attached hydrogens (tertiary/aromatic N) is 7. The van der Waals surface area contributed by atoms with E-state index < -0.39 is 6.23 Å². The Labute approximate surface area is 198 Å². The van der Waals surface area contributed by atoms with E-state index in [0.717, 1.165) is 32.1 Å². The molecule has 0 aliphatic carbocycles. The smallest absolute Gasteiger partial charge is 0.215 e. The molecule has 0 radical (unpaired) electrons. The normalized spacial score (nSPS) is 17.6. The lowest BCUT2D eigenvalue weighted by Crippen LogP contribution is -3.19. The summed E-state index contributed by atoms with van der Waals surface area (Å²) in [5.41, 5.74) is -0.617. The second-order valence-corrected chi connectivity index (χ2v) is 10.4. The summed E-state index contributed by atoms with van der Waals surface area (Å²) in [7, 11) is 0. The minimum Gasteiger partial charge on any atom is -0.466 e. The summed E-state index contributed by atoms with van der Waals surface area (Å²) in [6.45, 7) is 14.0. The maximum atomic E-state index is 6.50. The maximum absolute atomic E-state index is 6.50. The lowest BCUT2D eigenvalue weighted by molar-refractivity contribution is -0.964. The third-order valence-electron chi connectivity index (χ3n) is 6.22. The van der Waals surface area contributed by atoms with Gasteiger partial charge in [-0.15, -0.1) is 5.10 Å². The number of halogens is 1. The lowest BCUT2D eigenvalue weighted by Gasteiger charge is -2.40. The first-order chi connectivity index (χ1) is 15.7. The van der Waals surface area contributed by atoms with Gasteiger partial charge in [-0.2, -0.15) is 5.10 Å². The molecular formula is C22H32ClN8O2+. The highest BCUT2D eigenvalue weighted by atomic mass is 35.5. The van der Waals surface area contributed by atoms with Crippen LogP contribution in [0.2, 0.25) is 5.02 Å². The van der Waals surface area contributed by atoms with Crippen molar-refractivity contribution >= 4 is 11.6 Å². The van der Waals surface area contributed by atoms with E-state index in [1.807, 2.05) is 16.8 Å². The van der Waals surface area contributed by atoms with E-state index >= 15 is 0 Å². The van der Waals surface area contributed by atoms with Gasteiger partial charge < -0.3 is 14.4 Å². The lowest BCUT2D eigenvalue weighted by atomic mass is 9.85. The number of tetrazole rings is 1. The van der Waals surface area contributed by atoms with Crippen molar-refractivity contribution in [2.24, 2.45) is 5.41 Å². The highest BCUT2D eigenvalue weighted by Crippen LogP contribution is 2.41.